The molecular weight excluding hydrogens is 495 g/mol. The van der Waals surface area contributed by atoms with Crippen molar-refractivity contribution >= 4 is 28.3 Å². The van der Waals surface area contributed by atoms with E-state index in [0.29, 0.717) is 40.1 Å². The molecule has 0 saturated carbocycles. The maximum absolute atomic E-state index is 13.5. The van der Waals surface area contributed by atoms with Crippen LogP contribution in [0, 0.1) is 0 Å². The van der Waals surface area contributed by atoms with E-state index in [9.17, 15) is 13.2 Å². The number of hydrogen-bond donors (Lipinski definition) is 2. The maximum atomic E-state index is 13.5. The summed E-state index contributed by atoms with van der Waals surface area (Å²) in [6.45, 7) is 0.536. The highest BCUT2D eigenvalue weighted by molar-refractivity contribution is 8.14. The molecule has 0 unspecified atom stereocenters. The fourth-order valence-corrected chi connectivity index (χ4v) is 4.65. The standard InChI is InChI=1S/C28H22F3N5S/c29-28(30,31)21-11-7-10-20(16-21)26-23(17-25(35-36-26)37-22-12-5-2-6-13-22)24-14-15-32-27(34-24)33-18-19-8-3-1-4-9-19/h1-15,17,36H,16,18H2,(H,32,33,34). The number of hydrazone groups is 1. The second kappa shape index (κ2) is 10.9. The zero-order valence-corrected chi connectivity index (χ0v) is 20.4. The number of nitrogens with zero attached hydrogens (tertiary/aromatic N) is 3. The zero-order valence-electron chi connectivity index (χ0n) is 19.5. The van der Waals surface area contributed by atoms with Crippen molar-refractivity contribution in [3.63, 3.8) is 0 Å². The first-order valence-corrected chi connectivity index (χ1v) is 12.3. The summed E-state index contributed by atoms with van der Waals surface area (Å²) in [4.78, 5) is 9.99. The van der Waals surface area contributed by atoms with E-state index in [-0.39, 0.29) is 6.42 Å². The van der Waals surface area contributed by atoms with Crippen LogP contribution in [0.4, 0.5) is 19.1 Å². The van der Waals surface area contributed by atoms with Crippen LogP contribution in [0.3, 0.4) is 0 Å². The Labute approximate surface area is 216 Å². The summed E-state index contributed by atoms with van der Waals surface area (Å²) in [7, 11) is 0. The predicted molar refractivity (Wildman–Crippen MR) is 142 cm³/mol. The summed E-state index contributed by atoms with van der Waals surface area (Å²) in [5, 5.41) is 8.33. The second-order valence-electron chi connectivity index (χ2n) is 8.27. The summed E-state index contributed by atoms with van der Waals surface area (Å²) >= 11 is 1.45. The smallest absolute Gasteiger partial charge is 0.350 e. The minimum atomic E-state index is -4.41. The molecule has 0 fully saturated rings. The SMILES string of the molecule is FC(F)(F)C1=CC=CC(=C2NN=C(Sc3ccccc3)C=C2c2ccnc(NCc3ccccc3)n2)C1. The van der Waals surface area contributed by atoms with Crippen molar-refractivity contribution < 1.29 is 13.2 Å². The zero-order chi connectivity index (χ0) is 25.7. The van der Waals surface area contributed by atoms with Crippen molar-refractivity contribution in [1.82, 2.24) is 15.4 Å². The van der Waals surface area contributed by atoms with Crippen molar-refractivity contribution in [3.8, 4) is 0 Å². The molecule has 2 N–H and O–H groups in total. The predicted octanol–water partition coefficient (Wildman–Crippen LogP) is 6.88. The highest BCUT2D eigenvalue weighted by Crippen LogP contribution is 2.37. The highest BCUT2D eigenvalue weighted by atomic mass is 32.2. The van der Waals surface area contributed by atoms with Crippen LogP contribution in [0.25, 0.3) is 5.57 Å². The molecule has 186 valence electrons. The average Bonchev–Trinajstić information content (AvgIpc) is 2.93. The summed E-state index contributed by atoms with van der Waals surface area (Å²) in [6.07, 6.45) is 3.00. The fraction of sp³-hybridized carbons (Fsp3) is 0.107. The number of aromatic nitrogens is 2. The van der Waals surface area contributed by atoms with E-state index >= 15 is 0 Å². The number of nitrogens with one attached hydrogen (secondary N) is 2. The van der Waals surface area contributed by atoms with E-state index in [1.165, 1.54) is 17.8 Å². The Morgan fingerprint density at radius 3 is 2.49 bits per heavy atom. The fourth-order valence-electron chi connectivity index (χ4n) is 3.85. The summed E-state index contributed by atoms with van der Waals surface area (Å²) in [5.74, 6) is 0.418. The number of hydrogen-bond acceptors (Lipinski definition) is 6. The van der Waals surface area contributed by atoms with Crippen LogP contribution in [0.2, 0.25) is 0 Å². The Balaban J connectivity index is 1.48. The van der Waals surface area contributed by atoms with Gasteiger partial charge < -0.3 is 5.32 Å². The van der Waals surface area contributed by atoms with Crippen LogP contribution in [0.15, 0.2) is 124 Å². The maximum Gasteiger partial charge on any atom is 0.413 e. The van der Waals surface area contributed by atoms with E-state index in [4.69, 9.17) is 0 Å². The molecule has 0 spiro atoms. The first-order valence-electron chi connectivity index (χ1n) is 11.5. The van der Waals surface area contributed by atoms with Crippen LogP contribution >= 0.6 is 11.8 Å². The molecule has 0 saturated heterocycles. The van der Waals surface area contributed by atoms with Gasteiger partial charge in [-0.25, -0.2) is 9.97 Å². The molecule has 0 bridgehead atoms. The number of thioether (sulfide) groups is 1. The van der Waals surface area contributed by atoms with Gasteiger partial charge in [-0.2, -0.15) is 18.3 Å². The average molecular weight is 518 g/mol. The minimum absolute atomic E-state index is 0.263. The molecule has 3 aromatic rings. The molecule has 2 aliphatic rings. The molecule has 1 aliphatic carbocycles. The Hall–Kier alpha value is -4.11. The molecule has 37 heavy (non-hydrogen) atoms. The Kier molecular flexibility index (Phi) is 7.23. The number of allylic oxidation sites excluding steroid dienone is 6. The molecule has 1 aromatic heterocycles. The van der Waals surface area contributed by atoms with Crippen molar-refractivity contribution in [2.45, 2.75) is 24.0 Å². The molecule has 0 amide bonds. The summed E-state index contributed by atoms with van der Waals surface area (Å²) < 4.78 is 40.4. The van der Waals surface area contributed by atoms with Gasteiger partial charge in [0.1, 0.15) is 5.04 Å². The first-order chi connectivity index (χ1) is 18.0. The Morgan fingerprint density at radius 1 is 0.973 bits per heavy atom. The third-order valence-corrected chi connectivity index (χ3v) is 6.59. The normalized spacial score (nSPS) is 17.4. The monoisotopic (exact) mass is 517 g/mol. The van der Waals surface area contributed by atoms with Crippen LogP contribution in [-0.4, -0.2) is 21.2 Å². The molecule has 9 heteroatoms. The number of anilines is 1. The minimum Gasteiger partial charge on any atom is -0.350 e. The quantitative estimate of drug-likeness (QED) is 0.386. The van der Waals surface area contributed by atoms with Crippen molar-refractivity contribution in [2.24, 2.45) is 5.10 Å². The molecule has 2 aromatic carbocycles. The van der Waals surface area contributed by atoms with Crippen LogP contribution < -0.4 is 10.7 Å². The van der Waals surface area contributed by atoms with Gasteiger partial charge in [0.15, 0.2) is 0 Å². The van der Waals surface area contributed by atoms with Gasteiger partial charge in [-0.3, -0.25) is 5.43 Å². The summed E-state index contributed by atoms with van der Waals surface area (Å²) in [5.41, 5.74) is 5.64. The second-order valence-corrected chi connectivity index (χ2v) is 9.36. The van der Waals surface area contributed by atoms with Crippen LogP contribution in [0.5, 0.6) is 0 Å². The van der Waals surface area contributed by atoms with Crippen LogP contribution in [0.1, 0.15) is 17.7 Å². The molecule has 1 aliphatic heterocycles. The number of halogens is 3. The van der Waals surface area contributed by atoms with Gasteiger partial charge in [0.25, 0.3) is 0 Å². The molecule has 0 atom stereocenters. The van der Waals surface area contributed by atoms with Gasteiger partial charge in [0.2, 0.25) is 5.95 Å². The van der Waals surface area contributed by atoms with Crippen molar-refractivity contribution in [2.75, 3.05) is 5.32 Å². The van der Waals surface area contributed by atoms with Gasteiger partial charge in [0.05, 0.1) is 11.4 Å². The van der Waals surface area contributed by atoms with Gasteiger partial charge in [-0.05, 0) is 35.4 Å². The van der Waals surface area contributed by atoms with E-state index in [1.807, 2.05) is 66.7 Å². The van der Waals surface area contributed by atoms with E-state index in [1.54, 1.807) is 18.3 Å². The van der Waals surface area contributed by atoms with Crippen LogP contribution in [-0.2, 0) is 6.54 Å². The van der Waals surface area contributed by atoms with Gasteiger partial charge in [0, 0.05) is 35.2 Å². The van der Waals surface area contributed by atoms with Gasteiger partial charge in [-0.1, -0.05) is 78.5 Å². The van der Waals surface area contributed by atoms with E-state index in [0.717, 1.165) is 16.5 Å². The molecule has 0 radical (unpaired) electrons. The third-order valence-electron chi connectivity index (χ3n) is 5.67. The lowest BCUT2D eigenvalue weighted by Crippen LogP contribution is -2.20. The lowest BCUT2D eigenvalue weighted by molar-refractivity contribution is -0.0932. The Morgan fingerprint density at radius 2 is 1.73 bits per heavy atom. The summed E-state index contributed by atoms with van der Waals surface area (Å²) in [6, 6.07) is 21.3. The number of benzene rings is 2. The van der Waals surface area contributed by atoms with Crippen molar-refractivity contribution in [3.05, 3.63) is 125 Å². The lowest BCUT2D eigenvalue weighted by Gasteiger charge is -2.23. The van der Waals surface area contributed by atoms with Gasteiger partial charge >= 0.3 is 6.18 Å². The largest absolute Gasteiger partial charge is 0.413 e. The lowest BCUT2D eigenvalue weighted by atomic mass is 9.93. The first kappa shape index (κ1) is 24.6. The highest BCUT2D eigenvalue weighted by Gasteiger charge is 2.35. The third kappa shape index (κ3) is 6.18. The van der Waals surface area contributed by atoms with E-state index < -0.39 is 11.7 Å². The molecule has 2 heterocycles. The number of rotatable bonds is 5. The van der Waals surface area contributed by atoms with Gasteiger partial charge in [-0.15, -0.1) is 0 Å². The molecule has 5 rings (SSSR count). The van der Waals surface area contributed by atoms with Crippen molar-refractivity contribution in [1.29, 1.82) is 0 Å². The molecule has 5 nitrogen and oxygen atoms in total. The molecular formula is C28H22F3N5S. The Bertz CT molecular complexity index is 1420. The topological polar surface area (TPSA) is 62.2 Å². The van der Waals surface area contributed by atoms with E-state index in [2.05, 4.69) is 25.8 Å². The number of alkyl halides is 3.